The van der Waals surface area contributed by atoms with Crippen molar-refractivity contribution in [1.82, 2.24) is 0 Å². The summed E-state index contributed by atoms with van der Waals surface area (Å²) in [6.07, 6.45) is 0. The zero-order valence-electron chi connectivity index (χ0n) is 14.4. The molecular weight excluding hydrogens is 254 g/mol. The van der Waals surface area contributed by atoms with Crippen LogP contribution in [0, 0.1) is 5.92 Å². The lowest BCUT2D eigenvalue weighted by atomic mass is 9.63. The van der Waals surface area contributed by atoms with E-state index >= 15 is 0 Å². The second kappa shape index (κ2) is 5.99. The summed E-state index contributed by atoms with van der Waals surface area (Å²) in [6.45, 7) is 16.5. The lowest BCUT2D eigenvalue weighted by molar-refractivity contribution is -0.144. The van der Waals surface area contributed by atoms with E-state index in [1.165, 1.54) is 0 Å². The minimum absolute atomic E-state index is 0.0625. The highest BCUT2D eigenvalue weighted by Crippen LogP contribution is 2.35. The second-order valence-electron chi connectivity index (χ2n) is 7.49. The first kappa shape index (κ1) is 20.0. The normalized spacial score (nSPS) is 24.1. The highest BCUT2D eigenvalue weighted by atomic mass is 16.7. The molecule has 0 bridgehead atoms. The summed E-state index contributed by atoms with van der Waals surface area (Å²) in [4.78, 5) is 0. The predicted molar refractivity (Wildman–Crippen MR) is 83.6 cm³/mol. The Balaban J connectivity index is 0.000000361. The summed E-state index contributed by atoms with van der Waals surface area (Å²) >= 11 is 0. The van der Waals surface area contributed by atoms with Crippen LogP contribution in [0.5, 0.6) is 0 Å². The van der Waals surface area contributed by atoms with Crippen molar-refractivity contribution in [2.75, 3.05) is 0 Å². The molecule has 4 nitrogen and oxygen atoms in total. The van der Waals surface area contributed by atoms with Gasteiger partial charge in [-0.3, -0.25) is 0 Å². The fourth-order valence-corrected chi connectivity index (χ4v) is 1.60. The van der Waals surface area contributed by atoms with Crippen molar-refractivity contribution in [2.45, 2.75) is 84.7 Å². The topological polar surface area (TPSA) is 58.9 Å². The SMILES string of the molecule is CC(C)C(C)(O)C(C)(C)O.[B]B1OC(C)(C)C(C)(C)O1. The fraction of sp³-hybridized carbons (Fsp3) is 1.00. The van der Waals surface area contributed by atoms with Gasteiger partial charge in [0.15, 0.2) is 0 Å². The predicted octanol–water partition coefficient (Wildman–Crippen LogP) is 1.91. The summed E-state index contributed by atoms with van der Waals surface area (Å²) in [6, 6.07) is 0. The molecule has 1 fully saturated rings. The molecule has 1 rings (SSSR count). The van der Waals surface area contributed by atoms with Crippen LogP contribution in [0.2, 0.25) is 0 Å². The zero-order chi connectivity index (χ0) is 16.6. The van der Waals surface area contributed by atoms with Crippen molar-refractivity contribution in [3.05, 3.63) is 0 Å². The van der Waals surface area contributed by atoms with E-state index in [0.29, 0.717) is 0 Å². The number of aliphatic hydroxyl groups is 2. The Bertz CT molecular complexity index is 304. The summed E-state index contributed by atoms with van der Waals surface area (Å²) in [5.41, 5.74) is -2.60. The molecule has 0 aromatic rings. The van der Waals surface area contributed by atoms with E-state index < -0.39 is 18.2 Å². The van der Waals surface area contributed by atoms with Crippen molar-refractivity contribution in [1.29, 1.82) is 0 Å². The van der Waals surface area contributed by atoms with E-state index in [1.807, 2.05) is 41.5 Å². The van der Waals surface area contributed by atoms with Gasteiger partial charge in [-0.25, -0.2) is 0 Å². The summed E-state index contributed by atoms with van der Waals surface area (Å²) in [5, 5.41) is 19.1. The molecule has 20 heavy (non-hydrogen) atoms. The highest BCUT2D eigenvalue weighted by Gasteiger charge is 2.48. The molecule has 1 heterocycles. The van der Waals surface area contributed by atoms with Gasteiger partial charge in [-0.1, -0.05) is 13.8 Å². The maximum atomic E-state index is 9.68. The average Bonchev–Trinajstić information content (AvgIpc) is 2.31. The molecule has 2 N–H and O–H groups in total. The van der Waals surface area contributed by atoms with Crippen LogP contribution in [0.4, 0.5) is 0 Å². The molecule has 1 aliphatic rings. The summed E-state index contributed by atoms with van der Waals surface area (Å²) < 4.78 is 10.6. The molecule has 116 valence electrons. The fourth-order valence-electron chi connectivity index (χ4n) is 1.60. The molecule has 0 aromatic heterocycles. The van der Waals surface area contributed by atoms with E-state index in [-0.39, 0.29) is 17.1 Å². The maximum absolute atomic E-state index is 9.68. The van der Waals surface area contributed by atoms with Crippen molar-refractivity contribution >= 4 is 14.7 Å². The maximum Gasteiger partial charge on any atom is 0.388 e. The van der Waals surface area contributed by atoms with Gasteiger partial charge >= 0.3 is 7.01 Å². The molecule has 2 radical (unpaired) electrons. The van der Waals surface area contributed by atoms with Gasteiger partial charge in [-0.2, -0.15) is 0 Å². The van der Waals surface area contributed by atoms with Crippen LogP contribution in [0.1, 0.15) is 62.3 Å². The molecule has 6 heteroatoms. The summed E-state index contributed by atoms with van der Waals surface area (Å²) in [5.74, 6) is 0.0625. The Morgan fingerprint density at radius 1 is 0.950 bits per heavy atom. The molecule has 0 spiro atoms. The van der Waals surface area contributed by atoms with Crippen LogP contribution in [0.15, 0.2) is 0 Å². The van der Waals surface area contributed by atoms with Crippen LogP contribution in [-0.4, -0.2) is 47.4 Å². The molecule has 1 unspecified atom stereocenters. The van der Waals surface area contributed by atoms with E-state index in [1.54, 1.807) is 20.8 Å². The van der Waals surface area contributed by atoms with Crippen molar-refractivity contribution < 1.29 is 19.5 Å². The smallest absolute Gasteiger partial charge is 0.388 e. The van der Waals surface area contributed by atoms with Gasteiger partial charge in [0, 0.05) is 0 Å². The minimum Gasteiger partial charge on any atom is -0.411 e. The molecule has 0 amide bonds. The number of rotatable bonds is 2. The number of hydrogen-bond donors (Lipinski definition) is 2. The molecule has 0 aliphatic carbocycles. The third-order valence-electron chi connectivity index (χ3n) is 4.63. The Hall–Kier alpha value is -0.0301. The zero-order valence-corrected chi connectivity index (χ0v) is 14.4. The van der Waals surface area contributed by atoms with Crippen molar-refractivity contribution in [3.8, 4) is 0 Å². The molecule has 0 aromatic carbocycles. The molecule has 1 atom stereocenters. The molecule has 0 saturated carbocycles. The monoisotopic (exact) mass is 284 g/mol. The Morgan fingerprint density at radius 2 is 1.25 bits per heavy atom. The van der Waals surface area contributed by atoms with Crippen LogP contribution >= 0.6 is 0 Å². The average molecular weight is 284 g/mol. The van der Waals surface area contributed by atoms with Crippen molar-refractivity contribution in [2.24, 2.45) is 5.92 Å². The summed E-state index contributed by atoms with van der Waals surface area (Å²) in [7, 11) is 4.88. The quantitative estimate of drug-likeness (QED) is 0.760. The minimum atomic E-state index is -1.03. The second-order valence-corrected chi connectivity index (χ2v) is 7.49. The van der Waals surface area contributed by atoms with E-state index in [0.717, 1.165) is 0 Å². The molecule has 1 saturated heterocycles. The van der Waals surface area contributed by atoms with Crippen LogP contribution in [0.3, 0.4) is 0 Å². The first-order valence-electron chi connectivity index (χ1n) is 7.10. The van der Waals surface area contributed by atoms with Gasteiger partial charge in [-0.05, 0) is 54.4 Å². The number of hydrogen-bond acceptors (Lipinski definition) is 4. The van der Waals surface area contributed by atoms with E-state index in [4.69, 9.17) is 17.0 Å². The standard InChI is InChI=1S/C8H18O2.C6H12B2O2/c1-6(2)8(5,10)7(3,4)9;1-5(2)6(3,4)10-8(7)9-5/h6,9-10H,1-5H3;1-4H3. The van der Waals surface area contributed by atoms with E-state index in [2.05, 4.69) is 0 Å². The molecule has 1 aliphatic heterocycles. The highest BCUT2D eigenvalue weighted by molar-refractivity contribution is 6.95. The third kappa shape index (κ3) is 4.48. The Morgan fingerprint density at radius 3 is 1.30 bits per heavy atom. The largest absolute Gasteiger partial charge is 0.411 e. The van der Waals surface area contributed by atoms with Crippen LogP contribution < -0.4 is 0 Å². The van der Waals surface area contributed by atoms with Gasteiger partial charge < -0.3 is 19.5 Å². The Kier molecular flexibility index (Phi) is 5.98. The van der Waals surface area contributed by atoms with Gasteiger partial charge in [0.2, 0.25) is 0 Å². The van der Waals surface area contributed by atoms with Gasteiger partial charge in [0.05, 0.1) is 22.4 Å². The lowest BCUT2D eigenvalue weighted by Gasteiger charge is -2.38. The first-order chi connectivity index (χ1) is 8.54. The van der Waals surface area contributed by atoms with Gasteiger partial charge in [-0.15, -0.1) is 0 Å². The first-order valence-corrected chi connectivity index (χ1v) is 7.10. The lowest BCUT2D eigenvalue weighted by Crippen LogP contribution is -2.51. The van der Waals surface area contributed by atoms with Gasteiger partial charge in [0.25, 0.3) is 0 Å². The Labute approximate surface area is 125 Å². The molecular formula is C14H30B2O4. The van der Waals surface area contributed by atoms with Crippen LogP contribution in [0.25, 0.3) is 0 Å². The van der Waals surface area contributed by atoms with Gasteiger partial charge in [0.1, 0.15) is 7.74 Å². The van der Waals surface area contributed by atoms with Crippen molar-refractivity contribution in [3.63, 3.8) is 0 Å². The third-order valence-corrected chi connectivity index (χ3v) is 4.63. The van der Waals surface area contributed by atoms with E-state index in [9.17, 15) is 10.2 Å². The van der Waals surface area contributed by atoms with Crippen LogP contribution in [-0.2, 0) is 9.31 Å².